The molecule has 1 heterocycles. The predicted molar refractivity (Wildman–Crippen MR) is 69.8 cm³/mol. The molecule has 1 aromatic heterocycles. The molecule has 1 N–H and O–H groups in total. The smallest absolute Gasteiger partial charge is 0.168 e. The van der Waals surface area contributed by atoms with Crippen molar-refractivity contribution in [2.75, 3.05) is 13.6 Å². The van der Waals surface area contributed by atoms with Crippen LogP contribution in [0.15, 0.2) is 15.9 Å². The van der Waals surface area contributed by atoms with E-state index < -0.39 is 0 Å². The van der Waals surface area contributed by atoms with Crippen molar-refractivity contribution in [3.05, 3.63) is 20.8 Å². The van der Waals surface area contributed by atoms with Crippen LogP contribution >= 0.6 is 39.5 Å². The van der Waals surface area contributed by atoms with Crippen LogP contribution in [0.5, 0.6) is 0 Å². The van der Waals surface area contributed by atoms with Crippen LogP contribution in [0, 0.1) is 0 Å². The van der Waals surface area contributed by atoms with Crippen molar-refractivity contribution in [2.24, 2.45) is 0 Å². The van der Waals surface area contributed by atoms with Gasteiger partial charge in [0, 0.05) is 28.3 Å². The highest BCUT2D eigenvalue weighted by Crippen LogP contribution is 2.20. The van der Waals surface area contributed by atoms with Crippen molar-refractivity contribution in [1.82, 2.24) is 10.2 Å². The van der Waals surface area contributed by atoms with Gasteiger partial charge in [-0.25, -0.2) is 0 Å². The first kappa shape index (κ1) is 11.9. The Hall–Kier alpha value is -0.130. The summed E-state index contributed by atoms with van der Waals surface area (Å²) in [5.41, 5.74) is 0. The van der Waals surface area contributed by atoms with Crippen molar-refractivity contribution in [3.8, 4) is 0 Å². The molecule has 0 atom stereocenters. The Bertz CT molecular complexity index is 312. The molecule has 0 amide bonds. The van der Waals surface area contributed by atoms with E-state index in [4.69, 9.17) is 12.2 Å². The van der Waals surface area contributed by atoms with Gasteiger partial charge in [0.2, 0.25) is 0 Å². The lowest BCUT2D eigenvalue weighted by atomic mass is 10.4. The Morgan fingerprint density at radius 3 is 2.93 bits per heavy atom. The van der Waals surface area contributed by atoms with Crippen LogP contribution in [-0.4, -0.2) is 23.6 Å². The van der Waals surface area contributed by atoms with E-state index in [2.05, 4.69) is 32.7 Å². The van der Waals surface area contributed by atoms with E-state index in [0.29, 0.717) is 0 Å². The van der Waals surface area contributed by atoms with E-state index in [1.54, 1.807) is 11.3 Å². The van der Waals surface area contributed by atoms with E-state index in [-0.39, 0.29) is 0 Å². The van der Waals surface area contributed by atoms with Crippen LogP contribution in [0.25, 0.3) is 0 Å². The summed E-state index contributed by atoms with van der Waals surface area (Å²) < 4.78 is 1.14. The summed E-state index contributed by atoms with van der Waals surface area (Å²) in [7, 11) is 2.00. The summed E-state index contributed by atoms with van der Waals surface area (Å²) in [6.07, 6.45) is 0. The molecule has 1 aromatic rings. The first-order valence-electron chi connectivity index (χ1n) is 4.35. The van der Waals surface area contributed by atoms with Crippen molar-refractivity contribution in [3.63, 3.8) is 0 Å². The molecule has 1 rings (SSSR count). The predicted octanol–water partition coefficient (Wildman–Crippen LogP) is 2.84. The number of hydrogen-bond donors (Lipinski definition) is 1. The molecule has 0 saturated heterocycles. The first-order chi connectivity index (χ1) is 6.63. The average Bonchev–Trinajstić information content (AvgIpc) is 2.51. The van der Waals surface area contributed by atoms with Crippen LogP contribution in [0.3, 0.4) is 0 Å². The molecule has 0 aliphatic heterocycles. The third-order valence-electron chi connectivity index (χ3n) is 1.69. The van der Waals surface area contributed by atoms with Crippen molar-refractivity contribution < 1.29 is 0 Å². The fraction of sp³-hybridized carbons (Fsp3) is 0.444. The third kappa shape index (κ3) is 3.55. The van der Waals surface area contributed by atoms with Crippen molar-refractivity contribution in [2.45, 2.75) is 13.5 Å². The summed E-state index contributed by atoms with van der Waals surface area (Å²) in [5, 5.41) is 6.01. The minimum absolute atomic E-state index is 0.803. The Morgan fingerprint density at radius 2 is 2.43 bits per heavy atom. The van der Waals surface area contributed by atoms with Crippen molar-refractivity contribution in [1.29, 1.82) is 0 Å². The van der Waals surface area contributed by atoms with Crippen LogP contribution in [0.4, 0.5) is 0 Å². The monoisotopic (exact) mass is 292 g/mol. The van der Waals surface area contributed by atoms with Gasteiger partial charge in [-0.2, -0.15) is 0 Å². The van der Waals surface area contributed by atoms with E-state index in [1.165, 1.54) is 4.88 Å². The van der Waals surface area contributed by atoms with Gasteiger partial charge in [0.1, 0.15) is 0 Å². The number of hydrogen-bond acceptors (Lipinski definition) is 2. The van der Waals surface area contributed by atoms with E-state index in [9.17, 15) is 0 Å². The molecule has 0 radical (unpaired) electrons. The van der Waals surface area contributed by atoms with E-state index >= 15 is 0 Å². The molecule has 0 aliphatic rings. The number of thiocarbonyl (C=S) groups is 1. The molecule has 2 nitrogen and oxygen atoms in total. The molecular formula is C9H13BrN2S2. The van der Waals surface area contributed by atoms with Crippen LogP contribution < -0.4 is 5.32 Å². The molecular weight excluding hydrogens is 280 g/mol. The van der Waals surface area contributed by atoms with Crippen molar-refractivity contribution >= 4 is 44.6 Å². The summed E-state index contributed by atoms with van der Waals surface area (Å²) in [6, 6.07) is 2.12. The van der Waals surface area contributed by atoms with E-state index in [1.807, 2.05) is 18.9 Å². The fourth-order valence-electron chi connectivity index (χ4n) is 1.03. The SMILES string of the molecule is CCNC(=S)N(C)Cc1cc(Br)cs1. The summed E-state index contributed by atoms with van der Waals surface area (Å²) in [4.78, 5) is 3.34. The Labute approximate surface area is 102 Å². The molecule has 0 bridgehead atoms. The van der Waals surface area contributed by atoms with Gasteiger partial charge < -0.3 is 10.2 Å². The van der Waals surface area contributed by atoms with E-state index in [0.717, 1.165) is 22.7 Å². The lowest BCUT2D eigenvalue weighted by molar-refractivity contribution is 0.496. The maximum absolute atomic E-state index is 5.19. The lowest BCUT2D eigenvalue weighted by Crippen LogP contribution is -2.36. The highest BCUT2D eigenvalue weighted by molar-refractivity contribution is 9.10. The third-order valence-corrected chi connectivity index (χ3v) is 3.83. The number of nitrogens with zero attached hydrogens (tertiary/aromatic N) is 1. The Balaban J connectivity index is 2.48. The molecule has 0 spiro atoms. The maximum Gasteiger partial charge on any atom is 0.168 e. The van der Waals surface area contributed by atoms with Gasteiger partial charge in [0.15, 0.2) is 5.11 Å². The quantitative estimate of drug-likeness (QED) is 0.863. The Morgan fingerprint density at radius 1 is 1.71 bits per heavy atom. The topological polar surface area (TPSA) is 15.3 Å². The summed E-state index contributed by atoms with van der Waals surface area (Å²) >= 11 is 10.4. The largest absolute Gasteiger partial charge is 0.363 e. The van der Waals surface area contributed by atoms with Gasteiger partial charge >= 0.3 is 0 Å². The lowest BCUT2D eigenvalue weighted by Gasteiger charge is -2.19. The number of thiophene rings is 1. The normalized spacial score (nSPS) is 9.93. The summed E-state index contributed by atoms with van der Waals surface area (Å²) in [5.74, 6) is 0. The molecule has 0 fully saturated rings. The number of rotatable bonds is 3. The molecule has 78 valence electrons. The second kappa shape index (κ2) is 5.68. The van der Waals surface area contributed by atoms with Gasteiger partial charge in [0.05, 0.1) is 6.54 Å². The zero-order valence-corrected chi connectivity index (χ0v) is 11.4. The minimum Gasteiger partial charge on any atom is -0.363 e. The highest BCUT2D eigenvalue weighted by Gasteiger charge is 2.05. The van der Waals surface area contributed by atoms with Gasteiger partial charge in [-0.3, -0.25) is 0 Å². The van der Waals surface area contributed by atoms with Gasteiger partial charge in [-0.05, 0) is 41.1 Å². The van der Waals surface area contributed by atoms with Gasteiger partial charge in [-0.15, -0.1) is 11.3 Å². The Kier molecular flexibility index (Phi) is 4.84. The standard InChI is InChI=1S/C9H13BrN2S2/c1-3-11-9(13)12(2)5-8-4-7(10)6-14-8/h4,6H,3,5H2,1-2H3,(H,11,13). The zero-order valence-electron chi connectivity index (χ0n) is 8.21. The molecule has 0 aromatic carbocycles. The number of nitrogens with one attached hydrogen (secondary N) is 1. The molecule has 14 heavy (non-hydrogen) atoms. The minimum atomic E-state index is 0.803. The second-order valence-corrected chi connectivity index (χ2v) is 5.22. The van der Waals surface area contributed by atoms with Gasteiger partial charge in [-0.1, -0.05) is 0 Å². The average molecular weight is 293 g/mol. The number of halogens is 1. The summed E-state index contributed by atoms with van der Waals surface area (Å²) in [6.45, 7) is 3.78. The maximum atomic E-state index is 5.19. The van der Waals surface area contributed by atoms with Crippen LogP contribution in [0.1, 0.15) is 11.8 Å². The second-order valence-electron chi connectivity index (χ2n) is 2.92. The highest BCUT2D eigenvalue weighted by atomic mass is 79.9. The van der Waals surface area contributed by atoms with Crippen LogP contribution in [0.2, 0.25) is 0 Å². The first-order valence-corrected chi connectivity index (χ1v) is 6.43. The molecule has 0 saturated carbocycles. The zero-order chi connectivity index (χ0) is 10.6. The fourth-order valence-corrected chi connectivity index (χ4v) is 2.74. The molecule has 5 heteroatoms. The van der Waals surface area contributed by atoms with Gasteiger partial charge in [0.25, 0.3) is 0 Å². The van der Waals surface area contributed by atoms with Crippen LogP contribution in [-0.2, 0) is 6.54 Å². The molecule has 0 aliphatic carbocycles. The molecule has 0 unspecified atom stereocenters.